The van der Waals surface area contributed by atoms with Crippen LogP contribution < -0.4 is 0 Å². The van der Waals surface area contributed by atoms with Gasteiger partial charge < -0.3 is 9.84 Å². The summed E-state index contributed by atoms with van der Waals surface area (Å²) in [7, 11) is 0. The largest absolute Gasteiger partial charge is 0.481 e. The molecule has 0 aromatic carbocycles. The monoisotopic (exact) mass is 322 g/mol. The zero-order valence-corrected chi connectivity index (χ0v) is 14.7. The summed E-state index contributed by atoms with van der Waals surface area (Å²) in [5.41, 5.74) is 0. The smallest absolute Gasteiger partial charge is 0.303 e. The highest BCUT2D eigenvalue weighted by Crippen LogP contribution is 2.28. The summed E-state index contributed by atoms with van der Waals surface area (Å²) in [4.78, 5) is 10.3. The fourth-order valence-corrected chi connectivity index (χ4v) is 2.76. The number of hydrogen-bond acceptors (Lipinski definition) is 2. The Morgan fingerprint density at radius 2 is 1.43 bits per heavy atom. The zero-order chi connectivity index (χ0) is 16.8. The highest BCUT2D eigenvalue weighted by atomic mass is 16.6. The van der Waals surface area contributed by atoms with Crippen LogP contribution in [-0.2, 0) is 9.53 Å². The molecule has 1 aliphatic rings. The summed E-state index contributed by atoms with van der Waals surface area (Å²) in [5.74, 6) is -0.695. The molecule has 1 saturated heterocycles. The topological polar surface area (TPSA) is 49.8 Å². The summed E-state index contributed by atoms with van der Waals surface area (Å²) in [6.45, 7) is 2.18. The Kier molecular flexibility index (Phi) is 11.6. The van der Waals surface area contributed by atoms with Crippen LogP contribution >= 0.6 is 0 Å². The van der Waals surface area contributed by atoms with Crippen LogP contribution in [0, 0.1) is 0 Å². The van der Waals surface area contributed by atoms with E-state index < -0.39 is 5.97 Å². The second-order valence-electron chi connectivity index (χ2n) is 6.43. The van der Waals surface area contributed by atoms with Crippen LogP contribution in [0.4, 0.5) is 0 Å². The second-order valence-corrected chi connectivity index (χ2v) is 6.43. The highest BCUT2D eigenvalue weighted by molar-refractivity contribution is 5.66. The summed E-state index contributed by atoms with van der Waals surface area (Å²) in [5, 5.41) is 8.52. The van der Waals surface area contributed by atoms with E-state index in [1.54, 1.807) is 0 Å². The predicted octanol–water partition coefficient (Wildman–Crippen LogP) is 5.65. The molecule has 2 atom stereocenters. The van der Waals surface area contributed by atoms with E-state index in [-0.39, 0.29) is 6.42 Å². The first kappa shape index (κ1) is 20.0. The third-order valence-corrected chi connectivity index (χ3v) is 4.29. The van der Waals surface area contributed by atoms with E-state index in [4.69, 9.17) is 9.84 Å². The molecule has 0 aromatic rings. The second kappa shape index (κ2) is 13.4. The van der Waals surface area contributed by atoms with Gasteiger partial charge in [0.1, 0.15) is 0 Å². The minimum Gasteiger partial charge on any atom is -0.481 e. The quantitative estimate of drug-likeness (QED) is 0.241. The molecule has 3 heteroatoms. The van der Waals surface area contributed by atoms with Gasteiger partial charge in [-0.1, -0.05) is 50.5 Å². The van der Waals surface area contributed by atoms with Crippen LogP contribution in [-0.4, -0.2) is 23.3 Å². The van der Waals surface area contributed by atoms with E-state index in [1.807, 2.05) is 0 Å². The molecule has 23 heavy (non-hydrogen) atoms. The first-order chi connectivity index (χ1) is 11.2. The van der Waals surface area contributed by atoms with E-state index in [0.717, 1.165) is 32.1 Å². The summed E-state index contributed by atoms with van der Waals surface area (Å²) in [6, 6.07) is 0. The molecule has 3 nitrogen and oxygen atoms in total. The minimum absolute atomic E-state index is 0.283. The molecule has 0 saturated carbocycles. The SMILES string of the molecule is CC[C@H]1O[C@H]1C/C=C\CCCCCCC/C=C\CCCC(=O)O. The number of unbranched alkanes of at least 4 members (excludes halogenated alkanes) is 7. The van der Waals surface area contributed by atoms with Gasteiger partial charge in [0.25, 0.3) is 0 Å². The molecule has 0 spiro atoms. The highest BCUT2D eigenvalue weighted by Gasteiger charge is 2.35. The third kappa shape index (κ3) is 12.1. The van der Waals surface area contributed by atoms with Crippen molar-refractivity contribution in [3.8, 4) is 0 Å². The van der Waals surface area contributed by atoms with Gasteiger partial charge >= 0.3 is 5.97 Å². The Labute approximate surface area is 141 Å². The normalized spacial score (nSPS) is 20.6. The number of carboxylic acid groups (broad SMARTS) is 1. The number of epoxide rings is 1. The number of hydrogen-bond donors (Lipinski definition) is 1. The van der Waals surface area contributed by atoms with Crippen LogP contribution in [0.1, 0.15) is 84.0 Å². The Morgan fingerprint density at radius 1 is 0.870 bits per heavy atom. The molecule has 0 bridgehead atoms. The summed E-state index contributed by atoms with van der Waals surface area (Å²) < 4.78 is 5.51. The maximum absolute atomic E-state index is 10.3. The lowest BCUT2D eigenvalue weighted by Gasteiger charge is -1.98. The van der Waals surface area contributed by atoms with Crippen molar-refractivity contribution < 1.29 is 14.6 Å². The standard InChI is InChI=1S/C20H34O3/c1-2-18-19(23-18)16-14-12-10-8-6-4-3-5-7-9-11-13-15-17-20(21)22/h9,11-12,14,18-19H,2-8,10,13,15-17H2,1H3,(H,21,22)/b11-9-,14-12-/t18-,19+/m1/s1. The molecule has 0 unspecified atom stereocenters. The van der Waals surface area contributed by atoms with Gasteiger partial charge in [0, 0.05) is 6.42 Å². The number of rotatable bonds is 15. The van der Waals surface area contributed by atoms with Gasteiger partial charge in [-0.2, -0.15) is 0 Å². The van der Waals surface area contributed by atoms with Crippen molar-refractivity contribution in [2.24, 2.45) is 0 Å². The predicted molar refractivity (Wildman–Crippen MR) is 95.7 cm³/mol. The van der Waals surface area contributed by atoms with Crippen LogP contribution in [0.15, 0.2) is 24.3 Å². The molecule has 1 heterocycles. The maximum Gasteiger partial charge on any atom is 0.303 e. The molecule has 1 rings (SSSR count). The number of ether oxygens (including phenoxy) is 1. The molecule has 1 fully saturated rings. The van der Waals surface area contributed by atoms with Crippen LogP contribution in [0.2, 0.25) is 0 Å². The average Bonchev–Trinajstić information content (AvgIpc) is 3.29. The van der Waals surface area contributed by atoms with Crippen molar-refractivity contribution in [2.45, 2.75) is 96.2 Å². The molecule has 1 N–H and O–H groups in total. The van der Waals surface area contributed by atoms with Gasteiger partial charge in [0.15, 0.2) is 0 Å². The number of aliphatic carboxylic acids is 1. The molecule has 132 valence electrons. The molecule has 0 aliphatic carbocycles. The van der Waals surface area contributed by atoms with Crippen molar-refractivity contribution in [1.82, 2.24) is 0 Å². The molecule has 0 aromatic heterocycles. The van der Waals surface area contributed by atoms with E-state index in [9.17, 15) is 4.79 Å². The Balaban J connectivity index is 1.75. The first-order valence-electron chi connectivity index (χ1n) is 9.41. The molecule has 0 radical (unpaired) electrons. The van der Waals surface area contributed by atoms with E-state index in [2.05, 4.69) is 31.2 Å². The Hall–Kier alpha value is -1.09. The van der Waals surface area contributed by atoms with Crippen LogP contribution in [0.3, 0.4) is 0 Å². The average molecular weight is 322 g/mol. The fraction of sp³-hybridized carbons (Fsp3) is 0.750. The van der Waals surface area contributed by atoms with Gasteiger partial charge in [-0.3, -0.25) is 4.79 Å². The Morgan fingerprint density at radius 3 is 2.00 bits per heavy atom. The first-order valence-corrected chi connectivity index (χ1v) is 9.41. The zero-order valence-electron chi connectivity index (χ0n) is 14.7. The van der Waals surface area contributed by atoms with Gasteiger partial charge in [-0.25, -0.2) is 0 Å². The van der Waals surface area contributed by atoms with Crippen LogP contribution in [0.5, 0.6) is 0 Å². The number of allylic oxidation sites excluding steroid dienone is 3. The lowest BCUT2D eigenvalue weighted by atomic mass is 10.1. The van der Waals surface area contributed by atoms with Gasteiger partial charge in [-0.15, -0.1) is 0 Å². The minimum atomic E-state index is -0.695. The van der Waals surface area contributed by atoms with E-state index >= 15 is 0 Å². The molecular formula is C20H34O3. The van der Waals surface area contributed by atoms with Crippen molar-refractivity contribution >= 4 is 5.97 Å². The van der Waals surface area contributed by atoms with Crippen molar-refractivity contribution in [2.75, 3.05) is 0 Å². The summed E-state index contributed by atoms with van der Waals surface area (Å²) in [6.07, 6.45) is 23.0. The fourth-order valence-electron chi connectivity index (χ4n) is 2.76. The van der Waals surface area contributed by atoms with E-state index in [1.165, 1.54) is 38.5 Å². The molecule has 0 amide bonds. The number of carboxylic acids is 1. The van der Waals surface area contributed by atoms with E-state index in [0.29, 0.717) is 12.2 Å². The molecule has 1 aliphatic heterocycles. The molecular weight excluding hydrogens is 288 g/mol. The summed E-state index contributed by atoms with van der Waals surface area (Å²) >= 11 is 0. The lowest BCUT2D eigenvalue weighted by molar-refractivity contribution is -0.137. The lowest BCUT2D eigenvalue weighted by Crippen LogP contribution is -1.92. The van der Waals surface area contributed by atoms with Gasteiger partial charge in [0.2, 0.25) is 0 Å². The Bertz CT molecular complexity index is 360. The van der Waals surface area contributed by atoms with Crippen molar-refractivity contribution in [3.63, 3.8) is 0 Å². The maximum atomic E-state index is 10.3. The van der Waals surface area contributed by atoms with Crippen molar-refractivity contribution in [3.05, 3.63) is 24.3 Å². The van der Waals surface area contributed by atoms with Gasteiger partial charge in [-0.05, 0) is 51.4 Å². The van der Waals surface area contributed by atoms with Crippen LogP contribution in [0.25, 0.3) is 0 Å². The van der Waals surface area contributed by atoms with Gasteiger partial charge in [0.05, 0.1) is 12.2 Å². The van der Waals surface area contributed by atoms with Crippen molar-refractivity contribution in [1.29, 1.82) is 0 Å². The third-order valence-electron chi connectivity index (χ3n) is 4.29. The number of carbonyl (C=O) groups is 1.